The Morgan fingerprint density at radius 2 is 2.05 bits per heavy atom. The van der Waals surface area contributed by atoms with Crippen LogP contribution in [0.15, 0.2) is 36.5 Å². The first-order chi connectivity index (χ1) is 10.6. The van der Waals surface area contributed by atoms with Gasteiger partial charge in [-0.15, -0.1) is 11.3 Å². The van der Waals surface area contributed by atoms with Gasteiger partial charge in [-0.25, -0.2) is 4.98 Å². The highest BCUT2D eigenvalue weighted by Gasteiger charge is 2.20. The van der Waals surface area contributed by atoms with Crippen molar-refractivity contribution in [2.45, 2.75) is 6.61 Å². The predicted octanol–water partition coefficient (Wildman–Crippen LogP) is 2.79. The highest BCUT2D eigenvalue weighted by Crippen LogP contribution is 2.42. The molecule has 6 heteroatoms. The highest BCUT2D eigenvalue weighted by molar-refractivity contribution is 7.23. The molecule has 1 amide bonds. The highest BCUT2D eigenvalue weighted by atomic mass is 32.1. The lowest BCUT2D eigenvalue weighted by Gasteiger charge is -2.05. The van der Waals surface area contributed by atoms with Gasteiger partial charge >= 0.3 is 0 Å². The standard InChI is InChI=1S/C16H15N3O2S/c1-21-8-11-12-14(10(16(18)20)7-19-15(12)17)22-13(11)9-5-3-2-4-6-9/h2-7H,8H2,1H3,(H2,17,19)(H2,18,20). The number of hydrogen-bond acceptors (Lipinski definition) is 5. The minimum absolute atomic E-state index is 0.380. The number of nitrogens with two attached hydrogens (primary N) is 2. The van der Waals surface area contributed by atoms with Crippen molar-refractivity contribution in [1.82, 2.24) is 4.98 Å². The number of amides is 1. The molecule has 3 rings (SSSR count). The largest absolute Gasteiger partial charge is 0.383 e. The minimum Gasteiger partial charge on any atom is -0.383 e. The summed E-state index contributed by atoms with van der Waals surface area (Å²) in [5.74, 6) is -0.132. The molecule has 112 valence electrons. The summed E-state index contributed by atoms with van der Waals surface area (Å²) in [6.07, 6.45) is 1.43. The van der Waals surface area contributed by atoms with E-state index in [0.717, 1.165) is 26.1 Å². The molecule has 0 bridgehead atoms. The van der Waals surface area contributed by atoms with E-state index in [-0.39, 0.29) is 0 Å². The van der Waals surface area contributed by atoms with Crippen molar-refractivity contribution in [3.8, 4) is 10.4 Å². The first-order valence-corrected chi connectivity index (χ1v) is 7.49. The first-order valence-electron chi connectivity index (χ1n) is 6.67. The number of ether oxygens (including phenoxy) is 1. The van der Waals surface area contributed by atoms with Crippen LogP contribution in [-0.2, 0) is 11.3 Å². The van der Waals surface area contributed by atoms with E-state index in [1.807, 2.05) is 30.3 Å². The Morgan fingerprint density at radius 1 is 1.32 bits per heavy atom. The zero-order valence-corrected chi connectivity index (χ0v) is 12.8. The summed E-state index contributed by atoms with van der Waals surface area (Å²) in [6.45, 7) is 0.387. The number of benzene rings is 1. The van der Waals surface area contributed by atoms with Gasteiger partial charge < -0.3 is 16.2 Å². The van der Waals surface area contributed by atoms with Crippen LogP contribution in [0.4, 0.5) is 5.82 Å². The molecule has 2 heterocycles. The van der Waals surface area contributed by atoms with Gasteiger partial charge in [0.05, 0.1) is 16.9 Å². The van der Waals surface area contributed by atoms with E-state index in [2.05, 4.69) is 4.98 Å². The number of nitrogen functional groups attached to an aromatic ring is 1. The van der Waals surface area contributed by atoms with Crippen molar-refractivity contribution in [2.75, 3.05) is 12.8 Å². The van der Waals surface area contributed by atoms with E-state index in [1.165, 1.54) is 17.5 Å². The molecule has 0 aliphatic carbocycles. The Bertz CT molecular complexity index is 843. The average molecular weight is 313 g/mol. The van der Waals surface area contributed by atoms with E-state index >= 15 is 0 Å². The molecular formula is C16H15N3O2S. The summed E-state index contributed by atoms with van der Waals surface area (Å²) >= 11 is 1.49. The quantitative estimate of drug-likeness (QED) is 0.775. The van der Waals surface area contributed by atoms with Gasteiger partial charge in [0.15, 0.2) is 0 Å². The maximum atomic E-state index is 11.7. The molecule has 0 spiro atoms. The van der Waals surface area contributed by atoms with E-state index < -0.39 is 5.91 Å². The normalized spacial score (nSPS) is 11.0. The molecule has 2 aromatic heterocycles. The van der Waals surface area contributed by atoms with Crippen molar-refractivity contribution in [3.63, 3.8) is 0 Å². The van der Waals surface area contributed by atoms with Crippen LogP contribution >= 0.6 is 11.3 Å². The Morgan fingerprint density at radius 3 is 2.68 bits per heavy atom. The Labute approximate surface area is 131 Å². The van der Waals surface area contributed by atoms with Crippen molar-refractivity contribution in [2.24, 2.45) is 5.73 Å². The molecule has 0 fully saturated rings. The third-order valence-corrected chi connectivity index (χ3v) is 4.75. The Balaban J connectivity index is 2.38. The molecular weight excluding hydrogens is 298 g/mol. The van der Waals surface area contributed by atoms with Crippen LogP contribution in [0.5, 0.6) is 0 Å². The van der Waals surface area contributed by atoms with E-state index in [9.17, 15) is 4.79 Å². The summed E-state index contributed by atoms with van der Waals surface area (Å²) < 4.78 is 6.07. The number of hydrogen-bond donors (Lipinski definition) is 2. The number of primary amides is 1. The second kappa shape index (κ2) is 5.75. The predicted molar refractivity (Wildman–Crippen MR) is 88.7 cm³/mol. The van der Waals surface area contributed by atoms with E-state index in [0.29, 0.717) is 18.0 Å². The number of pyridine rings is 1. The molecule has 0 aliphatic rings. The average Bonchev–Trinajstić information content (AvgIpc) is 2.89. The van der Waals surface area contributed by atoms with Gasteiger partial charge in [-0.3, -0.25) is 4.79 Å². The van der Waals surface area contributed by atoms with Crippen LogP contribution in [0.1, 0.15) is 15.9 Å². The third kappa shape index (κ3) is 2.32. The third-order valence-electron chi connectivity index (χ3n) is 3.43. The fourth-order valence-electron chi connectivity index (χ4n) is 2.46. The lowest BCUT2D eigenvalue weighted by atomic mass is 10.1. The molecule has 0 unspecified atom stereocenters. The minimum atomic E-state index is -0.512. The number of thiophene rings is 1. The zero-order chi connectivity index (χ0) is 15.7. The number of fused-ring (bicyclic) bond motifs is 1. The first kappa shape index (κ1) is 14.5. The number of aromatic nitrogens is 1. The van der Waals surface area contributed by atoms with E-state index in [4.69, 9.17) is 16.2 Å². The van der Waals surface area contributed by atoms with Crippen LogP contribution in [-0.4, -0.2) is 18.0 Å². The van der Waals surface area contributed by atoms with Crippen LogP contribution in [0, 0.1) is 0 Å². The van der Waals surface area contributed by atoms with Gasteiger partial charge in [0.2, 0.25) is 0 Å². The molecule has 3 aromatic rings. The second-order valence-electron chi connectivity index (χ2n) is 4.83. The molecule has 4 N–H and O–H groups in total. The number of carbonyl (C=O) groups excluding carboxylic acids is 1. The molecule has 0 atom stereocenters. The molecule has 0 radical (unpaired) electrons. The molecule has 0 saturated heterocycles. The molecule has 0 aliphatic heterocycles. The number of nitrogens with zero attached hydrogens (tertiary/aromatic N) is 1. The monoisotopic (exact) mass is 313 g/mol. The summed E-state index contributed by atoms with van der Waals surface area (Å²) in [7, 11) is 1.62. The van der Waals surface area contributed by atoms with Crippen molar-refractivity contribution in [3.05, 3.63) is 47.7 Å². The molecule has 5 nitrogen and oxygen atoms in total. The molecule has 22 heavy (non-hydrogen) atoms. The van der Waals surface area contributed by atoms with Gasteiger partial charge in [0, 0.05) is 29.1 Å². The zero-order valence-electron chi connectivity index (χ0n) is 12.0. The number of carbonyl (C=O) groups is 1. The summed E-state index contributed by atoms with van der Waals surface area (Å²) in [5.41, 5.74) is 13.9. The van der Waals surface area contributed by atoms with Crippen molar-refractivity contribution in [1.29, 1.82) is 0 Å². The lowest BCUT2D eigenvalue weighted by molar-refractivity contribution is 0.100. The maximum Gasteiger partial charge on any atom is 0.251 e. The number of methoxy groups -OCH3 is 1. The topological polar surface area (TPSA) is 91.2 Å². The van der Waals surface area contributed by atoms with Gasteiger partial charge in [0.25, 0.3) is 5.91 Å². The van der Waals surface area contributed by atoms with Gasteiger partial charge in [-0.05, 0) is 5.56 Å². The van der Waals surface area contributed by atoms with Crippen LogP contribution in [0.3, 0.4) is 0 Å². The summed E-state index contributed by atoms with van der Waals surface area (Å²) in [5, 5.41) is 0.752. The van der Waals surface area contributed by atoms with Gasteiger partial charge in [0.1, 0.15) is 5.82 Å². The summed E-state index contributed by atoms with van der Waals surface area (Å²) in [6, 6.07) is 9.91. The van der Waals surface area contributed by atoms with E-state index in [1.54, 1.807) is 7.11 Å². The van der Waals surface area contributed by atoms with Crippen molar-refractivity contribution < 1.29 is 9.53 Å². The molecule has 1 aromatic carbocycles. The fraction of sp³-hybridized carbons (Fsp3) is 0.125. The second-order valence-corrected chi connectivity index (χ2v) is 5.85. The van der Waals surface area contributed by atoms with Crippen LogP contribution < -0.4 is 11.5 Å². The molecule has 0 saturated carbocycles. The maximum absolute atomic E-state index is 11.7. The lowest BCUT2D eigenvalue weighted by Crippen LogP contribution is -2.12. The Kier molecular flexibility index (Phi) is 3.79. The fourth-order valence-corrected chi connectivity index (χ4v) is 3.80. The van der Waals surface area contributed by atoms with Crippen molar-refractivity contribution >= 4 is 33.1 Å². The Hall–Kier alpha value is -2.44. The van der Waals surface area contributed by atoms with Crippen LogP contribution in [0.25, 0.3) is 20.5 Å². The smallest absolute Gasteiger partial charge is 0.251 e. The number of anilines is 1. The van der Waals surface area contributed by atoms with Crippen LogP contribution in [0.2, 0.25) is 0 Å². The van der Waals surface area contributed by atoms with Gasteiger partial charge in [-0.1, -0.05) is 30.3 Å². The number of rotatable bonds is 4. The van der Waals surface area contributed by atoms with Gasteiger partial charge in [-0.2, -0.15) is 0 Å². The SMILES string of the molecule is COCc1c(-c2ccccc2)sc2c(C(N)=O)cnc(N)c12. The summed E-state index contributed by atoms with van der Waals surface area (Å²) in [4.78, 5) is 16.8.